The zero-order valence-electron chi connectivity index (χ0n) is 16.2. The van der Waals surface area contributed by atoms with Gasteiger partial charge in [-0.15, -0.1) is 0 Å². The molecule has 152 valence electrons. The predicted octanol–water partition coefficient (Wildman–Crippen LogP) is 4.60. The van der Waals surface area contributed by atoms with Gasteiger partial charge in [-0.05, 0) is 48.7 Å². The van der Waals surface area contributed by atoms with E-state index in [1.807, 2.05) is 0 Å². The molecule has 6 nitrogen and oxygen atoms in total. The molecule has 3 rings (SSSR count). The van der Waals surface area contributed by atoms with Gasteiger partial charge in [-0.2, -0.15) is 5.10 Å². The minimum Gasteiger partial charge on any atom is -0.493 e. The average Bonchev–Trinajstić information content (AvgIpc) is 2.75. The summed E-state index contributed by atoms with van der Waals surface area (Å²) in [5, 5.41) is 4.35. The first-order valence-corrected chi connectivity index (χ1v) is 9.94. The topological polar surface area (TPSA) is 77.0 Å². The molecule has 2 aromatic carbocycles. The molecule has 0 aliphatic heterocycles. The molecular weight excluding hydrogens is 392 g/mol. The van der Waals surface area contributed by atoms with Gasteiger partial charge in [-0.3, -0.25) is 4.79 Å². The molecule has 0 bridgehead atoms. The second-order valence-corrected chi connectivity index (χ2v) is 7.26. The Morgan fingerprint density at radius 2 is 1.86 bits per heavy atom. The SMILES string of the molecule is COc1cc(/C=N\NC(=O)C2CCCCC2)ccc1OC(=O)c1ccccc1Cl. The summed E-state index contributed by atoms with van der Waals surface area (Å²) >= 11 is 6.04. The lowest BCUT2D eigenvalue weighted by molar-refractivity contribution is -0.125. The Morgan fingerprint density at radius 1 is 1.10 bits per heavy atom. The number of esters is 1. The largest absolute Gasteiger partial charge is 0.493 e. The molecule has 7 heteroatoms. The fraction of sp³-hybridized carbons (Fsp3) is 0.318. The summed E-state index contributed by atoms with van der Waals surface area (Å²) in [6.45, 7) is 0. The van der Waals surface area contributed by atoms with E-state index in [1.54, 1.807) is 42.5 Å². The van der Waals surface area contributed by atoms with Crippen LogP contribution in [0.5, 0.6) is 11.5 Å². The fourth-order valence-corrected chi connectivity index (χ4v) is 3.47. The van der Waals surface area contributed by atoms with E-state index < -0.39 is 5.97 Å². The first kappa shape index (κ1) is 20.9. The molecule has 2 aromatic rings. The van der Waals surface area contributed by atoms with Crippen LogP contribution in [0.4, 0.5) is 0 Å². The highest BCUT2D eigenvalue weighted by atomic mass is 35.5. The third kappa shape index (κ3) is 5.57. The molecule has 0 heterocycles. The number of amides is 1. The number of hydrogen-bond donors (Lipinski definition) is 1. The lowest BCUT2D eigenvalue weighted by atomic mass is 9.89. The van der Waals surface area contributed by atoms with Gasteiger partial charge in [0.2, 0.25) is 5.91 Å². The normalized spacial score (nSPS) is 14.6. The van der Waals surface area contributed by atoms with Crippen LogP contribution in [0.15, 0.2) is 47.6 Å². The Morgan fingerprint density at radius 3 is 2.59 bits per heavy atom. The number of methoxy groups -OCH3 is 1. The van der Waals surface area contributed by atoms with Crippen molar-refractivity contribution in [2.24, 2.45) is 11.0 Å². The summed E-state index contributed by atoms with van der Waals surface area (Å²) in [7, 11) is 1.48. The van der Waals surface area contributed by atoms with Crippen LogP contribution in [0.1, 0.15) is 48.0 Å². The van der Waals surface area contributed by atoms with Crippen molar-refractivity contribution < 1.29 is 19.1 Å². The molecule has 1 N–H and O–H groups in total. The lowest BCUT2D eigenvalue weighted by Crippen LogP contribution is -2.28. The number of halogens is 1. The summed E-state index contributed by atoms with van der Waals surface area (Å²) in [5.74, 6) is 0.0593. The van der Waals surface area contributed by atoms with E-state index in [1.165, 1.54) is 19.7 Å². The van der Waals surface area contributed by atoms with Gasteiger partial charge in [0.1, 0.15) is 0 Å². The summed E-state index contributed by atoms with van der Waals surface area (Å²) in [6, 6.07) is 11.7. The highest BCUT2D eigenvalue weighted by Crippen LogP contribution is 2.29. The van der Waals surface area contributed by atoms with Gasteiger partial charge in [0.25, 0.3) is 0 Å². The van der Waals surface area contributed by atoms with Crippen LogP contribution < -0.4 is 14.9 Å². The van der Waals surface area contributed by atoms with E-state index in [2.05, 4.69) is 10.5 Å². The van der Waals surface area contributed by atoms with Gasteiger partial charge in [0.05, 0.1) is 23.9 Å². The third-order valence-corrected chi connectivity index (χ3v) is 5.18. The Labute approximate surface area is 174 Å². The van der Waals surface area contributed by atoms with Crippen molar-refractivity contribution in [3.05, 3.63) is 58.6 Å². The molecule has 0 spiro atoms. The van der Waals surface area contributed by atoms with E-state index in [-0.39, 0.29) is 23.1 Å². The van der Waals surface area contributed by atoms with Gasteiger partial charge in [-0.1, -0.05) is 43.0 Å². The molecule has 1 aliphatic rings. The number of benzene rings is 2. The second-order valence-electron chi connectivity index (χ2n) is 6.85. The van der Waals surface area contributed by atoms with Crippen LogP contribution in [-0.2, 0) is 4.79 Å². The summed E-state index contributed by atoms with van der Waals surface area (Å²) in [4.78, 5) is 24.5. The van der Waals surface area contributed by atoms with Crippen molar-refractivity contribution in [2.75, 3.05) is 7.11 Å². The summed E-state index contributed by atoms with van der Waals surface area (Å²) in [5.41, 5.74) is 3.57. The van der Waals surface area contributed by atoms with Crippen LogP contribution in [0.3, 0.4) is 0 Å². The molecular formula is C22H23ClN2O4. The number of nitrogens with one attached hydrogen (secondary N) is 1. The molecule has 1 saturated carbocycles. The number of hydrogen-bond acceptors (Lipinski definition) is 5. The van der Waals surface area contributed by atoms with Crippen molar-refractivity contribution in [2.45, 2.75) is 32.1 Å². The number of nitrogens with zero attached hydrogens (tertiary/aromatic N) is 1. The number of carbonyl (C=O) groups excluding carboxylic acids is 2. The van der Waals surface area contributed by atoms with E-state index in [4.69, 9.17) is 21.1 Å². The maximum Gasteiger partial charge on any atom is 0.345 e. The smallest absolute Gasteiger partial charge is 0.345 e. The van der Waals surface area contributed by atoms with Crippen molar-refractivity contribution >= 4 is 29.7 Å². The third-order valence-electron chi connectivity index (χ3n) is 4.85. The second kappa shape index (κ2) is 10.1. The molecule has 0 aromatic heterocycles. The van der Waals surface area contributed by atoms with Crippen LogP contribution in [0.25, 0.3) is 0 Å². The minimum absolute atomic E-state index is 0.0433. The number of rotatable bonds is 6. The maximum absolute atomic E-state index is 12.3. The molecule has 1 aliphatic carbocycles. The van der Waals surface area contributed by atoms with Crippen molar-refractivity contribution in [1.29, 1.82) is 0 Å². The maximum atomic E-state index is 12.3. The van der Waals surface area contributed by atoms with Gasteiger partial charge in [-0.25, -0.2) is 10.2 Å². The first-order chi connectivity index (χ1) is 14.1. The highest BCUT2D eigenvalue weighted by Gasteiger charge is 2.20. The molecule has 29 heavy (non-hydrogen) atoms. The molecule has 1 amide bonds. The molecule has 1 fully saturated rings. The monoisotopic (exact) mass is 414 g/mol. The number of hydrazone groups is 1. The van der Waals surface area contributed by atoms with E-state index in [0.717, 1.165) is 25.7 Å². The summed E-state index contributed by atoms with van der Waals surface area (Å²) < 4.78 is 10.7. The number of carbonyl (C=O) groups is 2. The Bertz CT molecular complexity index is 907. The molecule has 0 atom stereocenters. The van der Waals surface area contributed by atoms with Crippen LogP contribution in [0, 0.1) is 5.92 Å². The van der Waals surface area contributed by atoms with Crippen LogP contribution >= 0.6 is 11.6 Å². The van der Waals surface area contributed by atoms with Crippen LogP contribution in [0.2, 0.25) is 5.02 Å². The van der Waals surface area contributed by atoms with E-state index in [0.29, 0.717) is 16.3 Å². The van der Waals surface area contributed by atoms with Gasteiger partial charge >= 0.3 is 5.97 Å². The van der Waals surface area contributed by atoms with Gasteiger partial charge in [0, 0.05) is 5.92 Å². The Hall–Kier alpha value is -2.86. The van der Waals surface area contributed by atoms with Crippen molar-refractivity contribution in [1.82, 2.24) is 5.43 Å². The van der Waals surface area contributed by atoms with Crippen LogP contribution in [-0.4, -0.2) is 25.2 Å². The van der Waals surface area contributed by atoms with Gasteiger partial charge < -0.3 is 9.47 Å². The first-order valence-electron chi connectivity index (χ1n) is 9.56. The van der Waals surface area contributed by atoms with Gasteiger partial charge in [0.15, 0.2) is 11.5 Å². The Balaban J connectivity index is 1.64. The number of ether oxygens (including phenoxy) is 2. The quantitative estimate of drug-likeness (QED) is 0.324. The molecule has 0 radical (unpaired) electrons. The zero-order chi connectivity index (χ0) is 20.6. The summed E-state index contributed by atoms with van der Waals surface area (Å²) in [6.07, 6.45) is 6.74. The average molecular weight is 415 g/mol. The Kier molecular flexibility index (Phi) is 7.25. The van der Waals surface area contributed by atoms with E-state index >= 15 is 0 Å². The fourth-order valence-electron chi connectivity index (χ4n) is 3.26. The van der Waals surface area contributed by atoms with Crippen molar-refractivity contribution in [3.8, 4) is 11.5 Å². The standard InChI is InChI=1S/C22H23ClN2O4/c1-28-20-13-15(14-24-25-21(26)16-7-3-2-4-8-16)11-12-19(20)29-22(27)17-9-5-6-10-18(17)23/h5-6,9-14,16H,2-4,7-8H2,1H3,(H,25,26)/b24-14-. The van der Waals surface area contributed by atoms with E-state index in [9.17, 15) is 9.59 Å². The zero-order valence-corrected chi connectivity index (χ0v) is 16.9. The minimum atomic E-state index is -0.574. The molecule has 0 unspecified atom stereocenters. The highest BCUT2D eigenvalue weighted by molar-refractivity contribution is 6.33. The predicted molar refractivity (Wildman–Crippen MR) is 112 cm³/mol. The lowest BCUT2D eigenvalue weighted by Gasteiger charge is -2.19. The molecule has 0 saturated heterocycles. The van der Waals surface area contributed by atoms with Crippen molar-refractivity contribution in [3.63, 3.8) is 0 Å².